The molecule has 3 aliphatic rings. The van der Waals surface area contributed by atoms with Gasteiger partial charge in [-0.05, 0) is 38.0 Å². The van der Waals surface area contributed by atoms with Crippen LogP contribution in [0.25, 0.3) is 0 Å². The summed E-state index contributed by atoms with van der Waals surface area (Å²) in [6, 6.07) is 0.815. The van der Waals surface area contributed by atoms with E-state index in [1.54, 1.807) is 0 Å². The van der Waals surface area contributed by atoms with Crippen molar-refractivity contribution < 1.29 is 28.6 Å². The lowest BCUT2D eigenvalue weighted by atomic mass is 9.90. The summed E-state index contributed by atoms with van der Waals surface area (Å²) in [5, 5.41) is 17.6. The summed E-state index contributed by atoms with van der Waals surface area (Å²) in [6.07, 6.45) is 1.89. The number of alkyl carbamates (subject to hydrolysis) is 1. The zero-order chi connectivity index (χ0) is 23.1. The second-order valence-corrected chi connectivity index (χ2v) is 9.23. The standard InChI is InChI=1S/C22H34N4O6/c1-13(2)10-17(26-22(29)32-18-12-31-21-16(18)6-9-30-21)20(28)25-15(5-7-23)11-14-4-3-8-24-19(14)27/h13-18,21H,3-6,8-12H2,1-2H3,(H,24,27)(H,25,28)(H,26,29)/t14?,15-,16-,17+,18-,21+/m1/s1. The van der Waals surface area contributed by atoms with Gasteiger partial charge >= 0.3 is 6.09 Å². The number of nitriles is 1. The molecular weight excluding hydrogens is 416 g/mol. The molecule has 3 rings (SSSR count). The van der Waals surface area contributed by atoms with E-state index < -0.39 is 24.3 Å². The van der Waals surface area contributed by atoms with E-state index in [1.165, 1.54) is 0 Å². The molecule has 0 aromatic heterocycles. The number of rotatable bonds is 9. The van der Waals surface area contributed by atoms with Crippen LogP contribution in [0.15, 0.2) is 0 Å². The van der Waals surface area contributed by atoms with Crippen molar-refractivity contribution >= 4 is 17.9 Å². The minimum absolute atomic E-state index is 0.0137. The summed E-state index contributed by atoms with van der Waals surface area (Å²) in [5.74, 6) is -0.488. The fraction of sp³-hybridized carbons (Fsp3) is 0.818. The van der Waals surface area contributed by atoms with Gasteiger partial charge in [0.25, 0.3) is 0 Å². The Kier molecular flexibility index (Phi) is 8.70. The average Bonchev–Trinajstić information content (AvgIpc) is 3.34. The number of ether oxygens (including phenoxy) is 3. The first kappa shape index (κ1) is 24.3. The van der Waals surface area contributed by atoms with Gasteiger partial charge in [-0.25, -0.2) is 4.79 Å². The van der Waals surface area contributed by atoms with Crippen LogP contribution in [-0.4, -0.2) is 62.1 Å². The number of amides is 3. The number of hydrogen-bond donors (Lipinski definition) is 3. The summed E-state index contributed by atoms with van der Waals surface area (Å²) in [6.45, 7) is 5.42. The van der Waals surface area contributed by atoms with Crippen LogP contribution in [0.2, 0.25) is 0 Å². The highest BCUT2D eigenvalue weighted by molar-refractivity contribution is 5.86. The van der Waals surface area contributed by atoms with Crippen LogP contribution in [0.3, 0.4) is 0 Å². The van der Waals surface area contributed by atoms with Crippen molar-refractivity contribution in [2.45, 2.75) is 76.9 Å². The number of piperidine rings is 1. The lowest BCUT2D eigenvalue weighted by molar-refractivity contribution is -0.128. The highest BCUT2D eigenvalue weighted by Gasteiger charge is 2.44. The van der Waals surface area contributed by atoms with Crippen molar-refractivity contribution in [3.63, 3.8) is 0 Å². The lowest BCUT2D eigenvalue weighted by Crippen LogP contribution is -2.51. The van der Waals surface area contributed by atoms with Crippen LogP contribution in [0, 0.1) is 29.1 Å². The Hall–Kier alpha value is -2.38. The highest BCUT2D eigenvalue weighted by atomic mass is 16.7. The van der Waals surface area contributed by atoms with Crippen LogP contribution in [0.1, 0.15) is 52.4 Å². The van der Waals surface area contributed by atoms with Crippen molar-refractivity contribution in [2.75, 3.05) is 19.8 Å². The van der Waals surface area contributed by atoms with Crippen molar-refractivity contribution in [3.05, 3.63) is 0 Å². The Morgan fingerprint density at radius 2 is 2.09 bits per heavy atom. The molecule has 3 aliphatic heterocycles. The van der Waals surface area contributed by atoms with E-state index in [4.69, 9.17) is 14.2 Å². The lowest BCUT2D eigenvalue weighted by Gasteiger charge is -2.28. The predicted molar refractivity (Wildman–Crippen MR) is 113 cm³/mol. The molecule has 0 aromatic carbocycles. The summed E-state index contributed by atoms with van der Waals surface area (Å²) in [5.41, 5.74) is 0. The molecule has 3 saturated heterocycles. The van der Waals surface area contributed by atoms with Gasteiger partial charge in [-0.1, -0.05) is 13.8 Å². The van der Waals surface area contributed by atoms with Crippen LogP contribution in [0.4, 0.5) is 4.79 Å². The van der Waals surface area contributed by atoms with Crippen molar-refractivity contribution in [1.29, 1.82) is 5.26 Å². The molecule has 10 heteroatoms. The molecule has 0 aliphatic carbocycles. The highest BCUT2D eigenvalue weighted by Crippen LogP contribution is 2.33. The molecule has 178 valence electrons. The molecule has 3 heterocycles. The van der Waals surface area contributed by atoms with E-state index in [-0.39, 0.29) is 48.9 Å². The van der Waals surface area contributed by atoms with Crippen molar-refractivity contribution in [1.82, 2.24) is 16.0 Å². The smallest absolute Gasteiger partial charge is 0.408 e. The zero-order valence-corrected chi connectivity index (χ0v) is 18.8. The third-order valence-corrected chi connectivity index (χ3v) is 6.21. The molecule has 0 spiro atoms. The molecule has 32 heavy (non-hydrogen) atoms. The van der Waals surface area contributed by atoms with Crippen molar-refractivity contribution in [3.8, 4) is 6.07 Å². The summed E-state index contributed by atoms with van der Waals surface area (Å²) in [4.78, 5) is 37.6. The van der Waals surface area contributed by atoms with Crippen LogP contribution in [0.5, 0.6) is 0 Å². The van der Waals surface area contributed by atoms with Gasteiger partial charge < -0.3 is 30.2 Å². The van der Waals surface area contributed by atoms with Gasteiger partial charge in [0, 0.05) is 18.5 Å². The van der Waals surface area contributed by atoms with E-state index in [2.05, 4.69) is 22.0 Å². The molecule has 0 radical (unpaired) electrons. The average molecular weight is 451 g/mol. The van der Waals surface area contributed by atoms with Crippen LogP contribution >= 0.6 is 0 Å². The number of nitrogens with zero attached hydrogens (tertiary/aromatic N) is 1. The zero-order valence-electron chi connectivity index (χ0n) is 18.8. The number of hydrogen-bond acceptors (Lipinski definition) is 7. The van der Waals surface area contributed by atoms with E-state index in [0.717, 1.165) is 19.3 Å². The van der Waals surface area contributed by atoms with E-state index in [0.29, 0.717) is 26.0 Å². The van der Waals surface area contributed by atoms with Gasteiger partial charge in [-0.2, -0.15) is 5.26 Å². The first-order chi connectivity index (χ1) is 15.4. The predicted octanol–water partition coefficient (Wildman–Crippen LogP) is 1.20. The van der Waals surface area contributed by atoms with Gasteiger partial charge in [0.05, 0.1) is 31.6 Å². The molecule has 1 unspecified atom stereocenters. The van der Waals surface area contributed by atoms with Gasteiger partial charge in [-0.15, -0.1) is 0 Å². The maximum Gasteiger partial charge on any atom is 0.408 e. The first-order valence-corrected chi connectivity index (χ1v) is 11.5. The minimum Gasteiger partial charge on any atom is -0.443 e. The third-order valence-electron chi connectivity index (χ3n) is 6.21. The molecule has 0 aromatic rings. The Labute approximate surface area is 188 Å². The first-order valence-electron chi connectivity index (χ1n) is 11.5. The Balaban J connectivity index is 1.56. The van der Waals surface area contributed by atoms with Gasteiger partial charge in [0.15, 0.2) is 6.29 Å². The Bertz CT molecular complexity index is 724. The second kappa shape index (κ2) is 11.5. The Morgan fingerprint density at radius 1 is 1.28 bits per heavy atom. The van der Waals surface area contributed by atoms with Crippen LogP contribution < -0.4 is 16.0 Å². The number of nitrogens with one attached hydrogen (secondary N) is 3. The van der Waals surface area contributed by atoms with Gasteiger partial charge in [-0.3, -0.25) is 9.59 Å². The SMILES string of the molecule is CC(C)C[C@H](NC(=O)O[C@@H]1CO[C@@H]2OCC[C@@H]21)C(=O)N[C@H](CC#N)CC1CCCNC1=O. The van der Waals surface area contributed by atoms with Gasteiger partial charge in [0.1, 0.15) is 12.1 Å². The topological polar surface area (TPSA) is 139 Å². The van der Waals surface area contributed by atoms with Gasteiger partial charge in [0.2, 0.25) is 11.8 Å². The molecule has 10 nitrogen and oxygen atoms in total. The number of carbonyl (C=O) groups excluding carboxylic acids is 3. The molecule has 6 atom stereocenters. The number of carbonyl (C=O) groups is 3. The molecule has 3 amide bonds. The number of fused-ring (bicyclic) bond motifs is 1. The summed E-state index contributed by atoms with van der Waals surface area (Å²) in [7, 11) is 0. The second-order valence-electron chi connectivity index (χ2n) is 9.23. The minimum atomic E-state index is -0.804. The fourth-order valence-electron chi connectivity index (χ4n) is 4.57. The van der Waals surface area contributed by atoms with Crippen LogP contribution in [-0.2, 0) is 23.8 Å². The normalized spacial score (nSPS) is 28.9. The third kappa shape index (κ3) is 6.56. The molecular formula is C22H34N4O6. The monoisotopic (exact) mass is 450 g/mol. The largest absolute Gasteiger partial charge is 0.443 e. The summed E-state index contributed by atoms with van der Waals surface area (Å²) < 4.78 is 16.5. The molecule has 0 saturated carbocycles. The fourth-order valence-corrected chi connectivity index (χ4v) is 4.57. The van der Waals surface area contributed by atoms with E-state index in [1.807, 2.05) is 13.8 Å². The molecule has 3 N–H and O–H groups in total. The maximum atomic E-state index is 13.0. The quantitative estimate of drug-likeness (QED) is 0.480. The molecule has 0 bridgehead atoms. The maximum absolute atomic E-state index is 13.0. The van der Waals surface area contributed by atoms with E-state index >= 15 is 0 Å². The summed E-state index contributed by atoms with van der Waals surface area (Å²) >= 11 is 0. The van der Waals surface area contributed by atoms with E-state index in [9.17, 15) is 19.6 Å². The van der Waals surface area contributed by atoms with Crippen molar-refractivity contribution in [2.24, 2.45) is 17.8 Å². The Morgan fingerprint density at radius 3 is 2.81 bits per heavy atom. The molecule has 3 fully saturated rings.